The third-order valence-corrected chi connectivity index (χ3v) is 4.97. The summed E-state index contributed by atoms with van der Waals surface area (Å²) in [5.41, 5.74) is 7.48. The standard InChI is InChI=1S/C24H26N4O4/c1-15-6-11-22(32-5)21(12-15)28-16(2)13-18(17(28)3)14-25-27-24(30)23(29)26-19-7-9-20(31-4)10-8-19/h6-14H,1-5H3,(H,26,29)(H,27,30)/b25-14-. The van der Waals surface area contributed by atoms with Crippen LogP contribution in [0, 0.1) is 20.8 Å². The highest BCUT2D eigenvalue weighted by Crippen LogP contribution is 2.28. The van der Waals surface area contributed by atoms with E-state index in [4.69, 9.17) is 9.47 Å². The number of benzene rings is 2. The van der Waals surface area contributed by atoms with Crippen LogP contribution in [0.2, 0.25) is 0 Å². The zero-order valence-corrected chi connectivity index (χ0v) is 18.7. The van der Waals surface area contributed by atoms with Gasteiger partial charge in [-0.2, -0.15) is 5.10 Å². The van der Waals surface area contributed by atoms with Crippen molar-refractivity contribution in [1.29, 1.82) is 0 Å². The fourth-order valence-corrected chi connectivity index (χ4v) is 3.34. The molecule has 3 rings (SSSR count). The molecule has 3 aromatic rings. The number of carbonyl (C=O) groups is 2. The van der Waals surface area contributed by atoms with E-state index in [2.05, 4.69) is 20.4 Å². The summed E-state index contributed by atoms with van der Waals surface area (Å²) >= 11 is 0. The Morgan fingerprint density at radius 2 is 1.66 bits per heavy atom. The number of methoxy groups -OCH3 is 2. The molecule has 2 aromatic carbocycles. The summed E-state index contributed by atoms with van der Waals surface area (Å²) in [6, 6.07) is 14.6. The van der Waals surface area contributed by atoms with Crippen molar-refractivity contribution in [2.24, 2.45) is 5.10 Å². The Hall–Kier alpha value is -4.07. The molecular weight excluding hydrogens is 408 g/mol. The van der Waals surface area contributed by atoms with Gasteiger partial charge in [-0.1, -0.05) is 6.07 Å². The van der Waals surface area contributed by atoms with Crippen LogP contribution in [0.3, 0.4) is 0 Å². The van der Waals surface area contributed by atoms with Crippen molar-refractivity contribution >= 4 is 23.7 Å². The molecule has 1 heterocycles. The summed E-state index contributed by atoms with van der Waals surface area (Å²) in [4.78, 5) is 24.2. The van der Waals surface area contributed by atoms with Crippen molar-refractivity contribution in [3.63, 3.8) is 0 Å². The molecule has 0 aliphatic heterocycles. The highest BCUT2D eigenvalue weighted by molar-refractivity contribution is 6.39. The van der Waals surface area contributed by atoms with Crippen LogP contribution in [0.5, 0.6) is 11.5 Å². The second kappa shape index (κ2) is 9.82. The van der Waals surface area contributed by atoms with Crippen LogP contribution in [0.25, 0.3) is 5.69 Å². The molecule has 0 aliphatic carbocycles. The van der Waals surface area contributed by atoms with Crippen molar-refractivity contribution < 1.29 is 19.1 Å². The van der Waals surface area contributed by atoms with E-state index in [9.17, 15) is 9.59 Å². The number of aromatic nitrogens is 1. The van der Waals surface area contributed by atoms with E-state index in [1.165, 1.54) is 6.21 Å². The van der Waals surface area contributed by atoms with E-state index < -0.39 is 11.8 Å². The zero-order valence-electron chi connectivity index (χ0n) is 18.7. The molecule has 0 fully saturated rings. The number of carbonyl (C=O) groups excluding carboxylic acids is 2. The summed E-state index contributed by atoms with van der Waals surface area (Å²) in [6.07, 6.45) is 1.51. The van der Waals surface area contributed by atoms with Crippen LogP contribution >= 0.6 is 0 Å². The molecule has 0 saturated heterocycles. The van der Waals surface area contributed by atoms with Crippen molar-refractivity contribution in [2.75, 3.05) is 19.5 Å². The summed E-state index contributed by atoms with van der Waals surface area (Å²) < 4.78 is 12.6. The minimum atomic E-state index is -0.869. The maximum absolute atomic E-state index is 12.1. The number of hydrogen-bond acceptors (Lipinski definition) is 5. The number of hydrogen-bond donors (Lipinski definition) is 2. The van der Waals surface area contributed by atoms with E-state index in [1.54, 1.807) is 38.5 Å². The SMILES string of the molecule is COc1ccc(NC(=O)C(=O)N/N=C\c2cc(C)n(-c3cc(C)ccc3OC)c2C)cc1. The molecule has 0 unspecified atom stereocenters. The molecule has 2 N–H and O–H groups in total. The average molecular weight is 434 g/mol. The predicted octanol–water partition coefficient (Wildman–Crippen LogP) is 3.51. The molecule has 8 nitrogen and oxygen atoms in total. The maximum Gasteiger partial charge on any atom is 0.329 e. The molecule has 0 aliphatic rings. The lowest BCUT2D eigenvalue weighted by atomic mass is 10.2. The van der Waals surface area contributed by atoms with Gasteiger partial charge in [0.15, 0.2) is 0 Å². The summed E-state index contributed by atoms with van der Waals surface area (Å²) in [7, 11) is 3.19. The molecule has 0 atom stereocenters. The number of nitrogens with zero attached hydrogens (tertiary/aromatic N) is 2. The van der Waals surface area contributed by atoms with Crippen LogP contribution in [0.4, 0.5) is 5.69 Å². The van der Waals surface area contributed by atoms with Gasteiger partial charge in [-0.25, -0.2) is 5.43 Å². The normalized spacial score (nSPS) is 10.8. The monoisotopic (exact) mass is 434 g/mol. The van der Waals surface area contributed by atoms with Gasteiger partial charge in [0.05, 0.1) is 26.1 Å². The Labute approximate surface area is 186 Å². The van der Waals surface area contributed by atoms with Crippen molar-refractivity contribution in [1.82, 2.24) is 9.99 Å². The van der Waals surface area contributed by atoms with E-state index in [1.807, 2.05) is 45.0 Å². The lowest BCUT2D eigenvalue weighted by molar-refractivity contribution is -0.136. The number of aryl methyl sites for hydroxylation is 2. The predicted molar refractivity (Wildman–Crippen MR) is 124 cm³/mol. The fourth-order valence-electron chi connectivity index (χ4n) is 3.34. The largest absolute Gasteiger partial charge is 0.497 e. The number of amides is 2. The van der Waals surface area contributed by atoms with Gasteiger partial charge in [0, 0.05) is 22.6 Å². The van der Waals surface area contributed by atoms with Gasteiger partial charge >= 0.3 is 11.8 Å². The fraction of sp³-hybridized carbons (Fsp3) is 0.208. The number of ether oxygens (including phenoxy) is 2. The van der Waals surface area contributed by atoms with E-state index in [-0.39, 0.29) is 0 Å². The number of anilines is 1. The Bertz CT molecular complexity index is 1160. The Morgan fingerprint density at radius 1 is 0.938 bits per heavy atom. The molecule has 8 heteroatoms. The highest BCUT2D eigenvalue weighted by atomic mass is 16.5. The number of rotatable bonds is 6. The van der Waals surface area contributed by atoms with Gasteiger partial charge in [-0.15, -0.1) is 0 Å². The first-order valence-corrected chi connectivity index (χ1v) is 9.96. The Kier molecular flexibility index (Phi) is 6.94. The van der Waals surface area contributed by atoms with Crippen LogP contribution < -0.4 is 20.2 Å². The van der Waals surface area contributed by atoms with Gasteiger partial charge in [0.25, 0.3) is 0 Å². The summed E-state index contributed by atoms with van der Waals surface area (Å²) in [6.45, 7) is 5.95. The quantitative estimate of drug-likeness (QED) is 0.353. The second-order valence-electron chi connectivity index (χ2n) is 7.22. The van der Waals surface area contributed by atoms with E-state index >= 15 is 0 Å². The summed E-state index contributed by atoms with van der Waals surface area (Å²) in [5, 5.41) is 6.46. The molecule has 2 amide bonds. The van der Waals surface area contributed by atoms with Gasteiger partial charge < -0.3 is 19.4 Å². The van der Waals surface area contributed by atoms with Gasteiger partial charge in [-0.3, -0.25) is 9.59 Å². The highest BCUT2D eigenvalue weighted by Gasteiger charge is 2.15. The van der Waals surface area contributed by atoms with E-state index in [0.717, 1.165) is 34.0 Å². The number of hydrazone groups is 1. The molecule has 32 heavy (non-hydrogen) atoms. The molecule has 0 saturated carbocycles. The number of nitrogens with one attached hydrogen (secondary N) is 2. The van der Waals surface area contributed by atoms with E-state index in [0.29, 0.717) is 11.4 Å². The maximum atomic E-state index is 12.1. The molecular formula is C24H26N4O4. The van der Waals surface area contributed by atoms with Crippen LogP contribution in [-0.2, 0) is 9.59 Å². The van der Waals surface area contributed by atoms with Crippen LogP contribution in [0.15, 0.2) is 53.6 Å². The van der Waals surface area contributed by atoms with Gasteiger partial charge in [0.2, 0.25) is 0 Å². The van der Waals surface area contributed by atoms with Crippen LogP contribution in [-0.4, -0.2) is 36.8 Å². The molecule has 0 spiro atoms. The Balaban J connectivity index is 1.70. The third-order valence-electron chi connectivity index (χ3n) is 4.97. The van der Waals surface area contributed by atoms with Crippen molar-refractivity contribution in [3.8, 4) is 17.2 Å². The second-order valence-corrected chi connectivity index (χ2v) is 7.22. The third kappa shape index (κ3) is 4.97. The molecule has 166 valence electrons. The van der Waals surface area contributed by atoms with Crippen LogP contribution in [0.1, 0.15) is 22.5 Å². The topological polar surface area (TPSA) is 94.0 Å². The minimum absolute atomic E-state index is 0.477. The first-order chi connectivity index (χ1) is 15.3. The smallest absolute Gasteiger partial charge is 0.329 e. The first kappa shape index (κ1) is 22.6. The molecule has 1 aromatic heterocycles. The zero-order chi connectivity index (χ0) is 23.3. The lowest BCUT2D eigenvalue weighted by Gasteiger charge is -2.14. The summed E-state index contributed by atoms with van der Waals surface area (Å²) in [5.74, 6) is -0.282. The van der Waals surface area contributed by atoms with Crippen molar-refractivity contribution in [3.05, 3.63) is 71.0 Å². The average Bonchev–Trinajstić information content (AvgIpc) is 3.06. The molecule has 0 bridgehead atoms. The lowest BCUT2D eigenvalue weighted by Crippen LogP contribution is -2.32. The van der Waals surface area contributed by atoms with Crippen molar-refractivity contribution in [2.45, 2.75) is 20.8 Å². The Morgan fingerprint density at radius 3 is 2.31 bits per heavy atom. The van der Waals surface area contributed by atoms with Gasteiger partial charge in [0.1, 0.15) is 11.5 Å². The molecule has 0 radical (unpaired) electrons. The van der Waals surface area contributed by atoms with Gasteiger partial charge in [-0.05, 0) is 68.8 Å². The minimum Gasteiger partial charge on any atom is -0.497 e. The first-order valence-electron chi connectivity index (χ1n) is 9.96.